The molecule has 530 valence electrons. The average molecular weight is 1300 g/mol. The predicted octanol–water partition coefficient (Wildman–Crippen LogP) is 24.8. The lowest BCUT2D eigenvalue weighted by atomic mass is 10.0. The fraction of sp³-hybridized carbons (Fsp3) is 0.732. The zero-order valence-corrected chi connectivity index (χ0v) is 61.4. The maximum absolute atomic E-state index is 12.9. The van der Waals surface area contributed by atoms with Crippen molar-refractivity contribution in [2.45, 2.75) is 341 Å². The van der Waals surface area contributed by atoms with E-state index < -0.39 is 26.5 Å². The van der Waals surface area contributed by atoms with E-state index in [2.05, 4.69) is 135 Å². The van der Waals surface area contributed by atoms with Crippen LogP contribution in [0.1, 0.15) is 335 Å². The van der Waals surface area contributed by atoms with Crippen molar-refractivity contribution in [1.29, 1.82) is 0 Å². The van der Waals surface area contributed by atoms with Crippen LogP contribution in [0, 0.1) is 0 Å². The second-order valence-electron chi connectivity index (χ2n) is 26.6. The number of hydrogen-bond donors (Lipinski definition) is 0. The van der Waals surface area contributed by atoms with Gasteiger partial charge in [-0.25, -0.2) is 0 Å². The molecule has 0 aromatic rings. The molecule has 0 heterocycles. The number of likely N-dealkylation sites (N-methyl/N-ethyl adjacent to an activating group) is 1. The van der Waals surface area contributed by atoms with Crippen molar-refractivity contribution in [3.63, 3.8) is 0 Å². The number of nitrogens with zero attached hydrogens (tertiary/aromatic N) is 1. The van der Waals surface area contributed by atoms with E-state index in [0.717, 1.165) is 103 Å². The monoisotopic (exact) mass is 1300 g/mol. The van der Waals surface area contributed by atoms with Crippen LogP contribution in [0.5, 0.6) is 0 Å². The molecule has 92 heavy (non-hydrogen) atoms. The van der Waals surface area contributed by atoms with Crippen molar-refractivity contribution in [2.75, 3.05) is 47.5 Å². The van der Waals surface area contributed by atoms with E-state index in [1.807, 2.05) is 21.1 Å². The van der Waals surface area contributed by atoms with Crippen molar-refractivity contribution in [2.24, 2.45) is 0 Å². The highest BCUT2D eigenvalue weighted by Crippen LogP contribution is 2.38. The van der Waals surface area contributed by atoms with Gasteiger partial charge in [0, 0.05) is 12.8 Å². The van der Waals surface area contributed by atoms with Gasteiger partial charge in [-0.1, -0.05) is 341 Å². The van der Waals surface area contributed by atoms with Gasteiger partial charge in [0.05, 0.1) is 27.7 Å². The number of quaternary nitrogens is 1. The molecule has 0 aliphatic carbocycles. The molecule has 0 saturated carbocycles. The Morgan fingerprint density at radius 2 is 0.587 bits per heavy atom. The number of phosphoric ester groups is 1. The first-order chi connectivity index (χ1) is 45.0. The molecule has 0 fully saturated rings. The van der Waals surface area contributed by atoms with E-state index in [1.165, 1.54) is 199 Å². The maximum atomic E-state index is 12.9. The zero-order chi connectivity index (χ0) is 66.9. The predicted molar refractivity (Wildman–Crippen MR) is 397 cm³/mol. The third-order valence-electron chi connectivity index (χ3n) is 16.5. The Labute approximate surface area is 568 Å². The first-order valence-electron chi connectivity index (χ1n) is 38.2. The minimum absolute atomic E-state index is 0.0332. The summed E-state index contributed by atoms with van der Waals surface area (Å²) in [5.41, 5.74) is 0. The third kappa shape index (κ3) is 75.4. The van der Waals surface area contributed by atoms with Crippen LogP contribution in [0.25, 0.3) is 0 Å². The highest BCUT2D eigenvalue weighted by Gasteiger charge is 2.22. The molecule has 0 saturated heterocycles. The molecular weight excluding hydrogens is 1160 g/mol. The van der Waals surface area contributed by atoms with E-state index in [-0.39, 0.29) is 32.0 Å². The van der Waals surface area contributed by atoms with Crippen LogP contribution in [-0.4, -0.2) is 70.0 Å². The Kier molecular flexibility index (Phi) is 68.9. The van der Waals surface area contributed by atoms with Crippen molar-refractivity contribution in [3.8, 4) is 0 Å². The molecule has 9 nitrogen and oxygen atoms in total. The van der Waals surface area contributed by atoms with Gasteiger partial charge < -0.3 is 27.9 Å². The molecule has 0 amide bonds. The number of ether oxygens (including phenoxy) is 2. The molecule has 0 aromatic heterocycles. The molecule has 0 bridgehead atoms. The smallest absolute Gasteiger partial charge is 0.306 e. The minimum Gasteiger partial charge on any atom is -0.756 e. The number of unbranched alkanes of at least 4 members (excludes halogenated alkanes) is 36. The number of phosphoric acid groups is 1. The van der Waals surface area contributed by atoms with Crippen molar-refractivity contribution >= 4 is 19.8 Å². The van der Waals surface area contributed by atoms with Crippen molar-refractivity contribution < 1.29 is 42.1 Å². The van der Waals surface area contributed by atoms with Crippen molar-refractivity contribution in [3.05, 3.63) is 122 Å². The Hall–Kier alpha value is -3.59. The Morgan fingerprint density at radius 1 is 0.337 bits per heavy atom. The third-order valence-corrected chi connectivity index (χ3v) is 17.4. The topological polar surface area (TPSA) is 111 Å². The van der Waals surface area contributed by atoms with Gasteiger partial charge in [0.15, 0.2) is 6.10 Å². The van der Waals surface area contributed by atoms with Gasteiger partial charge >= 0.3 is 11.9 Å². The van der Waals surface area contributed by atoms with Gasteiger partial charge in [-0.05, 0) is 103 Å². The SMILES string of the molecule is CC/C=C\C/C=C\C/C=C\C/C=C\C/C=C\C/C=C\CCCCCCCCCCCCCCCCC(=O)OC(COC(=O)CCCCCCCCCCCCCCCCCCCCCCCC/C=C\C/C=C\C/C=C\C/C=C\CC)COP(=O)([O-])OCC[N+](C)(C)C. The van der Waals surface area contributed by atoms with Crippen LogP contribution in [-0.2, 0) is 32.7 Å². The van der Waals surface area contributed by atoms with Crippen LogP contribution in [0.2, 0.25) is 0 Å². The van der Waals surface area contributed by atoms with E-state index in [0.29, 0.717) is 17.4 Å². The highest BCUT2D eigenvalue weighted by atomic mass is 31.2. The van der Waals surface area contributed by atoms with Crippen LogP contribution < -0.4 is 4.89 Å². The molecule has 0 aliphatic heterocycles. The van der Waals surface area contributed by atoms with E-state index in [4.69, 9.17) is 18.5 Å². The summed E-state index contributed by atoms with van der Waals surface area (Å²) in [4.78, 5) is 38.2. The lowest BCUT2D eigenvalue weighted by Gasteiger charge is -2.28. The Bertz CT molecular complexity index is 1970. The fourth-order valence-corrected chi connectivity index (χ4v) is 11.4. The van der Waals surface area contributed by atoms with E-state index in [1.54, 1.807) is 0 Å². The summed E-state index contributed by atoms with van der Waals surface area (Å²) in [5.74, 6) is -0.824. The molecule has 0 radical (unpaired) electrons. The van der Waals surface area contributed by atoms with Gasteiger partial charge in [0.2, 0.25) is 0 Å². The molecule has 10 heteroatoms. The molecule has 0 N–H and O–H groups in total. The average Bonchev–Trinajstić information content (AvgIpc) is 2.23. The number of carbonyl (C=O) groups is 2. The van der Waals surface area contributed by atoms with Crippen molar-refractivity contribution in [1.82, 2.24) is 0 Å². The largest absolute Gasteiger partial charge is 0.756 e. The van der Waals surface area contributed by atoms with Gasteiger partial charge in [-0.3, -0.25) is 14.2 Å². The summed E-state index contributed by atoms with van der Waals surface area (Å²) in [6.07, 6.45) is 103. The number of carbonyl (C=O) groups excluding carboxylic acids is 2. The summed E-state index contributed by atoms with van der Waals surface area (Å²) < 4.78 is 34.4. The second kappa shape index (κ2) is 71.7. The molecule has 2 unspecified atom stereocenters. The molecule has 0 aromatic carbocycles. The quantitative estimate of drug-likeness (QED) is 0.0195. The first-order valence-corrected chi connectivity index (χ1v) is 39.7. The molecule has 0 aliphatic rings. The Morgan fingerprint density at radius 3 is 0.870 bits per heavy atom. The van der Waals surface area contributed by atoms with E-state index >= 15 is 0 Å². The lowest BCUT2D eigenvalue weighted by Crippen LogP contribution is -2.37. The zero-order valence-electron chi connectivity index (χ0n) is 60.5. The number of esters is 2. The summed E-state index contributed by atoms with van der Waals surface area (Å²) in [7, 11) is 1.17. The lowest BCUT2D eigenvalue weighted by molar-refractivity contribution is -0.870. The van der Waals surface area contributed by atoms with Gasteiger partial charge in [0.1, 0.15) is 19.8 Å². The standard InChI is InChI=1S/C82H144NO8P/c1-6-8-10-12-14-16-18-20-22-24-26-28-30-32-34-36-38-40-41-43-44-46-48-50-52-54-56-58-60-62-64-66-68-70-72-74-81(84)88-78-80(79-90-92(86,87)89-77-76-83(3,4)5)91-82(85)75-73-71-69-67-65-63-61-59-57-55-53-51-49-47-45-42-39-37-35-33-31-29-27-25-23-21-19-17-15-13-11-9-7-2/h8-11,14-17,20-23,26-29,33,35,39,42,80H,6-7,12-13,18-19,24-25,30-32,34,36-38,40-41,43-79H2,1-5H3/b10-8-,11-9-,16-14-,17-15-,22-20-,23-21-,28-26-,29-27-,35-33-,42-39-. The molecule has 0 rings (SSSR count). The maximum Gasteiger partial charge on any atom is 0.306 e. The van der Waals surface area contributed by atoms with Gasteiger partial charge in [0.25, 0.3) is 7.82 Å². The van der Waals surface area contributed by atoms with Crippen LogP contribution in [0.4, 0.5) is 0 Å². The number of rotatable bonds is 70. The van der Waals surface area contributed by atoms with Gasteiger partial charge in [-0.2, -0.15) is 0 Å². The van der Waals surface area contributed by atoms with E-state index in [9.17, 15) is 19.0 Å². The molecular formula is C82H144NO8P. The van der Waals surface area contributed by atoms with Crippen LogP contribution in [0.15, 0.2) is 122 Å². The second-order valence-corrected chi connectivity index (χ2v) is 28.0. The van der Waals surface area contributed by atoms with Gasteiger partial charge in [-0.15, -0.1) is 0 Å². The van der Waals surface area contributed by atoms with Crippen LogP contribution >= 0.6 is 7.82 Å². The summed E-state index contributed by atoms with van der Waals surface area (Å²) in [5, 5.41) is 0. The molecule has 2 atom stereocenters. The minimum atomic E-state index is -4.65. The highest BCUT2D eigenvalue weighted by molar-refractivity contribution is 7.45. The number of allylic oxidation sites excluding steroid dienone is 20. The summed E-state index contributed by atoms with van der Waals surface area (Å²) in [6, 6.07) is 0. The Balaban J connectivity index is 3.98. The fourth-order valence-electron chi connectivity index (χ4n) is 10.7. The number of hydrogen-bond acceptors (Lipinski definition) is 8. The van der Waals surface area contributed by atoms with Crippen LogP contribution in [0.3, 0.4) is 0 Å². The first kappa shape index (κ1) is 88.4. The summed E-state index contributed by atoms with van der Waals surface area (Å²) >= 11 is 0. The normalized spacial score (nSPS) is 13.8. The summed E-state index contributed by atoms with van der Waals surface area (Å²) in [6.45, 7) is 4.05. The molecule has 0 spiro atoms.